The Bertz CT molecular complexity index is 918. The van der Waals surface area contributed by atoms with Gasteiger partial charge in [0.1, 0.15) is 17.0 Å². The Hall–Kier alpha value is -1.99. The second-order valence-electron chi connectivity index (χ2n) is 6.86. The van der Waals surface area contributed by atoms with Crippen molar-refractivity contribution in [2.45, 2.75) is 24.9 Å². The fourth-order valence-electron chi connectivity index (χ4n) is 3.22. The lowest BCUT2D eigenvalue weighted by Crippen LogP contribution is -2.50. The zero-order valence-electron chi connectivity index (χ0n) is 16.0. The molecule has 5 rings (SSSR count). The molecule has 0 radical (unpaired) electrons. The minimum Gasteiger partial charge on any atom is -0.470 e. The first-order valence-corrected chi connectivity index (χ1v) is 9.95. The van der Waals surface area contributed by atoms with Gasteiger partial charge in [-0.3, -0.25) is 4.98 Å². The summed E-state index contributed by atoms with van der Waals surface area (Å²) in [5.41, 5.74) is 1.95. The average molecular weight is 435 g/mol. The Morgan fingerprint density at radius 2 is 1.76 bits per heavy atom. The Balaban J connectivity index is 0.000000174. The molecule has 154 valence electrons. The first-order chi connectivity index (χ1) is 13.8. The van der Waals surface area contributed by atoms with Crippen LogP contribution in [0.15, 0.2) is 48.8 Å². The Morgan fingerprint density at radius 3 is 2.52 bits per heavy atom. The van der Waals surface area contributed by atoms with Crippen molar-refractivity contribution in [3.63, 3.8) is 0 Å². The van der Waals surface area contributed by atoms with Crippen LogP contribution >= 0.6 is 24.0 Å². The zero-order valence-corrected chi connectivity index (χ0v) is 17.5. The first-order valence-electron chi connectivity index (χ1n) is 9.57. The topological polar surface area (TPSA) is 69.2 Å². The minimum absolute atomic E-state index is 0. The Labute approximate surface area is 181 Å². The molecule has 4 heterocycles. The van der Waals surface area contributed by atoms with Gasteiger partial charge in [-0.1, -0.05) is 29.8 Å². The molecule has 2 fully saturated rings. The zero-order chi connectivity index (χ0) is 19.2. The van der Waals surface area contributed by atoms with Gasteiger partial charge in [0.2, 0.25) is 5.88 Å². The summed E-state index contributed by atoms with van der Waals surface area (Å²) in [6, 6.07) is 11.7. The number of hydrogen-bond donors (Lipinski definition) is 1. The number of nitrogens with zero attached hydrogens (tertiary/aromatic N) is 3. The maximum atomic E-state index is 5.86. The molecule has 1 N–H and O–H groups in total. The average Bonchev–Trinajstić information content (AvgIpc) is 2.72. The van der Waals surface area contributed by atoms with Crippen LogP contribution in [-0.4, -0.2) is 47.4 Å². The van der Waals surface area contributed by atoms with E-state index >= 15 is 0 Å². The Morgan fingerprint density at radius 1 is 1.00 bits per heavy atom. The van der Waals surface area contributed by atoms with Crippen molar-refractivity contribution in [3.05, 3.63) is 59.6 Å². The molecule has 0 saturated carbocycles. The number of halogens is 2. The molecule has 2 aromatic heterocycles. The third-order valence-electron chi connectivity index (χ3n) is 4.89. The number of nitrogens with one attached hydrogen (secondary N) is 1. The van der Waals surface area contributed by atoms with E-state index in [2.05, 4.69) is 20.3 Å². The SMILES string of the molecule is Cl.Clc1ccc2ccccc2n1.c1cnc(C2CCOCC2)c(OC2CNC2)n1. The van der Waals surface area contributed by atoms with Crippen LogP contribution in [0.5, 0.6) is 5.88 Å². The van der Waals surface area contributed by atoms with E-state index in [-0.39, 0.29) is 18.5 Å². The van der Waals surface area contributed by atoms with Crippen molar-refractivity contribution >= 4 is 34.9 Å². The van der Waals surface area contributed by atoms with E-state index < -0.39 is 0 Å². The summed E-state index contributed by atoms with van der Waals surface area (Å²) in [6.07, 6.45) is 5.72. The van der Waals surface area contributed by atoms with Crippen LogP contribution in [-0.2, 0) is 4.74 Å². The van der Waals surface area contributed by atoms with Crippen molar-refractivity contribution < 1.29 is 9.47 Å². The van der Waals surface area contributed by atoms with Gasteiger partial charge in [0.05, 0.1) is 5.52 Å². The van der Waals surface area contributed by atoms with Crippen molar-refractivity contribution in [2.24, 2.45) is 0 Å². The number of para-hydroxylation sites is 1. The molecule has 29 heavy (non-hydrogen) atoms. The molecule has 0 atom stereocenters. The maximum absolute atomic E-state index is 5.86. The molecule has 8 heteroatoms. The monoisotopic (exact) mass is 434 g/mol. The molecule has 0 spiro atoms. The summed E-state index contributed by atoms with van der Waals surface area (Å²) in [7, 11) is 0. The van der Waals surface area contributed by atoms with E-state index in [1.165, 1.54) is 0 Å². The van der Waals surface area contributed by atoms with Gasteiger partial charge in [-0.25, -0.2) is 9.97 Å². The van der Waals surface area contributed by atoms with Gasteiger partial charge in [0, 0.05) is 50.0 Å². The van der Waals surface area contributed by atoms with E-state index in [0.29, 0.717) is 17.0 Å². The van der Waals surface area contributed by atoms with E-state index in [1.807, 2.05) is 30.3 Å². The van der Waals surface area contributed by atoms with Crippen molar-refractivity contribution in [1.82, 2.24) is 20.3 Å². The quantitative estimate of drug-likeness (QED) is 0.627. The van der Waals surface area contributed by atoms with Crippen LogP contribution in [0, 0.1) is 0 Å². The molecular formula is C21H24Cl2N4O2. The van der Waals surface area contributed by atoms with Gasteiger partial charge in [0.15, 0.2) is 0 Å². The number of benzene rings is 1. The molecule has 2 aliphatic heterocycles. The molecule has 6 nitrogen and oxygen atoms in total. The molecule has 2 aliphatic rings. The number of aromatic nitrogens is 3. The van der Waals surface area contributed by atoms with Crippen molar-refractivity contribution in [1.29, 1.82) is 0 Å². The summed E-state index contributed by atoms with van der Waals surface area (Å²) >= 11 is 5.71. The van der Waals surface area contributed by atoms with Gasteiger partial charge < -0.3 is 14.8 Å². The second-order valence-corrected chi connectivity index (χ2v) is 7.25. The van der Waals surface area contributed by atoms with Crippen molar-refractivity contribution in [2.75, 3.05) is 26.3 Å². The molecule has 0 aliphatic carbocycles. The van der Waals surface area contributed by atoms with E-state index in [9.17, 15) is 0 Å². The predicted molar refractivity (Wildman–Crippen MR) is 116 cm³/mol. The van der Waals surface area contributed by atoms with Crippen LogP contribution in [0.4, 0.5) is 0 Å². The van der Waals surface area contributed by atoms with Crippen LogP contribution in [0.1, 0.15) is 24.5 Å². The fourth-order valence-corrected chi connectivity index (χ4v) is 3.38. The normalized spacial score (nSPS) is 16.9. The van der Waals surface area contributed by atoms with E-state index in [1.54, 1.807) is 18.5 Å². The number of pyridine rings is 1. The second kappa shape index (κ2) is 10.7. The van der Waals surface area contributed by atoms with Crippen LogP contribution in [0.25, 0.3) is 10.9 Å². The summed E-state index contributed by atoms with van der Waals surface area (Å²) < 4.78 is 11.2. The smallest absolute Gasteiger partial charge is 0.236 e. The van der Waals surface area contributed by atoms with E-state index in [4.69, 9.17) is 21.1 Å². The summed E-state index contributed by atoms with van der Waals surface area (Å²) in [5.74, 6) is 1.14. The van der Waals surface area contributed by atoms with Gasteiger partial charge in [-0.15, -0.1) is 12.4 Å². The van der Waals surface area contributed by atoms with Crippen LogP contribution in [0.3, 0.4) is 0 Å². The molecular weight excluding hydrogens is 411 g/mol. The predicted octanol–water partition coefficient (Wildman–Crippen LogP) is 4.03. The number of fused-ring (bicyclic) bond motifs is 1. The molecule has 2 saturated heterocycles. The highest BCUT2D eigenvalue weighted by Crippen LogP contribution is 2.31. The molecule has 0 unspecified atom stereocenters. The van der Waals surface area contributed by atoms with Crippen LogP contribution in [0.2, 0.25) is 5.15 Å². The Kier molecular flexibility index (Phi) is 8.00. The fraction of sp³-hybridized carbons (Fsp3) is 0.381. The van der Waals surface area contributed by atoms with Crippen LogP contribution < -0.4 is 10.1 Å². The highest BCUT2D eigenvalue weighted by Gasteiger charge is 2.25. The highest BCUT2D eigenvalue weighted by molar-refractivity contribution is 6.29. The standard InChI is InChI=1S/C12H17N3O2.C9H6ClN.ClH/c1-5-16-6-2-9(1)11-12(15-4-3-14-11)17-10-7-13-8-10;10-9-6-5-7-3-1-2-4-8(7)11-9;/h3-4,9-10,13H,1-2,5-8H2;1-6H;1H. The lowest BCUT2D eigenvalue weighted by molar-refractivity contribution is 0.0814. The minimum atomic E-state index is 0. The number of hydrogen-bond acceptors (Lipinski definition) is 6. The lowest BCUT2D eigenvalue weighted by atomic mass is 9.96. The summed E-state index contributed by atoms with van der Waals surface area (Å²) in [6.45, 7) is 3.44. The lowest BCUT2D eigenvalue weighted by Gasteiger charge is -2.29. The number of ether oxygens (including phenoxy) is 2. The van der Waals surface area contributed by atoms with Gasteiger partial charge in [0.25, 0.3) is 0 Å². The van der Waals surface area contributed by atoms with Gasteiger partial charge in [-0.05, 0) is 31.0 Å². The maximum Gasteiger partial charge on any atom is 0.236 e. The third kappa shape index (κ3) is 5.76. The van der Waals surface area contributed by atoms with E-state index in [0.717, 1.165) is 55.7 Å². The molecule has 1 aromatic carbocycles. The largest absolute Gasteiger partial charge is 0.470 e. The molecule has 3 aromatic rings. The van der Waals surface area contributed by atoms with Gasteiger partial charge >= 0.3 is 0 Å². The molecule has 0 amide bonds. The highest BCUT2D eigenvalue weighted by atomic mass is 35.5. The summed E-state index contributed by atoms with van der Waals surface area (Å²) in [5, 5.41) is 4.85. The third-order valence-corrected chi connectivity index (χ3v) is 5.10. The molecule has 0 bridgehead atoms. The number of rotatable bonds is 3. The van der Waals surface area contributed by atoms with Gasteiger partial charge in [-0.2, -0.15) is 0 Å². The summed E-state index contributed by atoms with van der Waals surface area (Å²) in [4.78, 5) is 12.9. The van der Waals surface area contributed by atoms with Crippen molar-refractivity contribution in [3.8, 4) is 5.88 Å². The first kappa shape index (κ1) is 21.7.